The van der Waals surface area contributed by atoms with Crippen molar-refractivity contribution >= 4 is 10.9 Å². The van der Waals surface area contributed by atoms with Crippen molar-refractivity contribution in [3.8, 4) is 11.1 Å². The molecule has 0 bridgehead atoms. The van der Waals surface area contributed by atoms with Crippen LogP contribution >= 0.6 is 0 Å². The molecule has 1 aromatic heterocycles. The molecule has 3 rings (SSSR count). The lowest BCUT2D eigenvalue weighted by atomic mass is 10.1. The summed E-state index contributed by atoms with van der Waals surface area (Å²) in [6.07, 6.45) is 1.83. The summed E-state index contributed by atoms with van der Waals surface area (Å²) >= 11 is 0. The van der Waals surface area contributed by atoms with Gasteiger partial charge in [0.15, 0.2) is 0 Å². The molecule has 1 aromatic rings. The lowest BCUT2D eigenvalue weighted by molar-refractivity contribution is 1.43. The van der Waals surface area contributed by atoms with E-state index in [2.05, 4.69) is 41.4 Å². The van der Waals surface area contributed by atoms with Crippen LogP contribution in [0.15, 0.2) is 54.7 Å². The summed E-state index contributed by atoms with van der Waals surface area (Å²) in [5.41, 5.74) is 3.61. The second kappa shape index (κ2) is 2.81. The second-order valence-corrected chi connectivity index (χ2v) is 3.36. The van der Waals surface area contributed by atoms with E-state index in [-0.39, 0.29) is 0 Å². The minimum absolute atomic E-state index is 1.08. The molecule has 0 saturated heterocycles. The Labute approximate surface area is 82.4 Å². The summed E-state index contributed by atoms with van der Waals surface area (Å²) in [7, 11) is 0. The quantitative estimate of drug-likeness (QED) is 0.515. The van der Waals surface area contributed by atoms with Crippen molar-refractivity contribution in [3.63, 3.8) is 0 Å². The zero-order chi connectivity index (χ0) is 9.38. The zero-order valence-corrected chi connectivity index (χ0v) is 7.64. The highest BCUT2D eigenvalue weighted by Gasteiger charge is 2.07. The Morgan fingerprint density at radius 2 is 1.79 bits per heavy atom. The molecule has 14 heavy (non-hydrogen) atoms. The van der Waals surface area contributed by atoms with E-state index in [4.69, 9.17) is 0 Å². The molecule has 66 valence electrons. The largest absolute Gasteiger partial charge is 0.256 e. The van der Waals surface area contributed by atoms with Crippen molar-refractivity contribution in [2.24, 2.45) is 0 Å². The predicted octanol–water partition coefficient (Wildman–Crippen LogP) is 3.34. The van der Waals surface area contributed by atoms with Gasteiger partial charge in [0.25, 0.3) is 0 Å². The fourth-order valence-corrected chi connectivity index (χ4v) is 1.84. The van der Waals surface area contributed by atoms with Crippen molar-refractivity contribution in [1.29, 1.82) is 0 Å². The molecule has 0 aromatic carbocycles. The SMILES string of the molecule is c1ccc2cc3ncccc3c-2cc1. The van der Waals surface area contributed by atoms with Gasteiger partial charge in [-0.2, -0.15) is 0 Å². The standard InChI is InChI=1S/C13H9N/c1-2-5-10-9-13-12(7-4-8-14-13)11(10)6-3-1/h1-9H. The maximum atomic E-state index is 4.34. The predicted molar refractivity (Wildman–Crippen MR) is 58.4 cm³/mol. The van der Waals surface area contributed by atoms with Gasteiger partial charge in [0, 0.05) is 11.6 Å². The van der Waals surface area contributed by atoms with Crippen LogP contribution in [0.3, 0.4) is 0 Å². The number of fused-ring (bicyclic) bond motifs is 3. The highest BCUT2D eigenvalue weighted by Crippen LogP contribution is 2.31. The van der Waals surface area contributed by atoms with Crippen molar-refractivity contribution in [1.82, 2.24) is 4.98 Å². The van der Waals surface area contributed by atoms with Crippen LogP contribution in [0, 0.1) is 0 Å². The summed E-state index contributed by atoms with van der Waals surface area (Å²) in [4.78, 5) is 4.34. The third-order valence-corrected chi connectivity index (χ3v) is 2.49. The lowest BCUT2D eigenvalue weighted by Crippen LogP contribution is -1.69. The molecule has 1 heterocycles. The number of hydrogen-bond acceptors (Lipinski definition) is 1. The first-order valence-electron chi connectivity index (χ1n) is 4.68. The minimum atomic E-state index is 1.08. The fourth-order valence-electron chi connectivity index (χ4n) is 1.84. The monoisotopic (exact) mass is 179 g/mol. The average Bonchev–Trinajstić information content (AvgIpc) is 2.42. The van der Waals surface area contributed by atoms with Crippen LogP contribution in [-0.2, 0) is 0 Å². The number of hydrogen-bond donors (Lipinski definition) is 0. The van der Waals surface area contributed by atoms with Gasteiger partial charge in [-0.05, 0) is 23.3 Å². The summed E-state index contributed by atoms with van der Waals surface area (Å²) in [6, 6.07) is 16.7. The van der Waals surface area contributed by atoms with Gasteiger partial charge in [-0.15, -0.1) is 0 Å². The van der Waals surface area contributed by atoms with Gasteiger partial charge in [0.2, 0.25) is 0 Å². The van der Waals surface area contributed by atoms with E-state index in [0.29, 0.717) is 0 Å². The van der Waals surface area contributed by atoms with Gasteiger partial charge in [-0.1, -0.05) is 36.4 Å². The molecule has 0 spiro atoms. The first-order chi connectivity index (χ1) is 6.95. The smallest absolute Gasteiger partial charge is 0.0714 e. The van der Waals surface area contributed by atoms with E-state index in [0.717, 1.165) is 5.52 Å². The lowest BCUT2D eigenvalue weighted by Gasteiger charge is -1.91. The molecule has 0 saturated carbocycles. The molecular formula is C13H9N. The van der Waals surface area contributed by atoms with Gasteiger partial charge in [-0.25, -0.2) is 0 Å². The Morgan fingerprint density at radius 3 is 2.79 bits per heavy atom. The number of pyridine rings is 1. The molecule has 0 radical (unpaired) electrons. The van der Waals surface area contributed by atoms with E-state index in [9.17, 15) is 0 Å². The van der Waals surface area contributed by atoms with Crippen LogP contribution in [0.1, 0.15) is 0 Å². The molecule has 2 aliphatic carbocycles. The van der Waals surface area contributed by atoms with E-state index < -0.39 is 0 Å². The van der Waals surface area contributed by atoms with Gasteiger partial charge in [-0.3, -0.25) is 4.98 Å². The Kier molecular flexibility index (Phi) is 1.51. The maximum Gasteiger partial charge on any atom is 0.0714 e. The van der Waals surface area contributed by atoms with E-state index in [1.807, 2.05) is 18.3 Å². The van der Waals surface area contributed by atoms with Crippen molar-refractivity contribution in [2.45, 2.75) is 0 Å². The van der Waals surface area contributed by atoms with E-state index in [1.54, 1.807) is 0 Å². The number of nitrogens with zero attached hydrogens (tertiary/aromatic N) is 1. The Hall–Kier alpha value is -1.89. The molecule has 0 unspecified atom stereocenters. The number of aromatic nitrogens is 1. The number of rotatable bonds is 0. The Balaban J connectivity index is 2.52. The fraction of sp³-hybridized carbons (Fsp3) is 0. The summed E-state index contributed by atoms with van der Waals surface area (Å²) in [5, 5.41) is 1.23. The van der Waals surface area contributed by atoms with Crippen molar-refractivity contribution in [2.75, 3.05) is 0 Å². The molecule has 0 fully saturated rings. The Bertz CT molecular complexity index is 557. The highest BCUT2D eigenvalue weighted by atomic mass is 14.6. The van der Waals surface area contributed by atoms with Gasteiger partial charge in [0.05, 0.1) is 5.52 Å². The molecule has 1 nitrogen and oxygen atoms in total. The van der Waals surface area contributed by atoms with Crippen LogP contribution in [0.4, 0.5) is 0 Å². The molecule has 1 heteroatoms. The topological polar surface area (TPSA) is 12.9 Å². The van der Waals surface area contributed by atoms with Gasteiger partial charge in [0.1, 0.15) is 0 Å². The van der Waals surface area contributed by atoms with E-state index >= 15 is 0 Å². The van der Waals surface area contributed by atoms with Crippen molar-refractivity contribution < 1.29 is 0 Å². The van der Waals surface area contributed by atoms with Crippen LogP contribution in [-0.4, -0.2) is 4.98 Å². The molecule has 0 aliphatic heterocycles. The normalized spacial score (nSPS) is 10.9. The third kappa shape index (κ3) is 0.990. The van der Waals surface area contributed by atoms with Crippen LogP contribution < -0.4 is 0 Å². The zero-order valence-electron chi connectivity index (χ0n) is 7.64. The molecule has 0 atom stereocenters. The maximum absolute atomic E-state index is 4.34. The van der Waals surface area contributed by atoms with Crippen LogP contribution in [0.2, 0.25) is 0 Å². The molecule has 0 N–H and O–H groups in total. The first kappa shape index (κ1) is 7.51. The van der Waals surface area contributed by atoms with Gasteiger partial charge < -0.3 is 0 Å². The Morgan fingerprint density at radius 1 is 0.857 bits per heavy atom. The molecule has 2 aliphatic rings. The van der Waals surface area contributed by atoms with Crippen LogP contribution in [0.5, 0.6) is 0 Å². The third-order valence-electron chi connectivity index (χ3n) is 2.49. The highest BCUT2D eigenvalue weighted by molar-refractivity contribution is 5.99. The summed E-state index contributed by atoms with van der Waals surface area (Å²) < 4.78 is 0. The average molecular weight is 179 g/mol. The second-order valence-electron chi connectivity index (χ2n) is 3.36. The summed E-state index contributed by atoms with van der Waals surface area (Å²) in [6.45, 7) is 0. The van der Waals surface area contributed by atoms with E-state index in [1.165, 1.54) is 16.5 Å². The first-order valence-corrected chi connectivity index (χ1v) is 4.68. The molecule has 0 amide bonds. The minimum Gasteiger partial charge on any atom is -0.256 e. The van der Waals surface area contributed by atoms with Crippen molar-refractivity contribution in [3.05, 3.63) is 54.7 Å². The molecular weight excluding hydrogens is 170 g/mol. The van der Waals surface area contributed by atoms with Gasteiger partial charge >= 0.3 is 0 Å². The summed E-state index contributed by atoms with van der Waals surface area (Å²) in [5.74, 6) is 0. The van der Waals surface area contributed by atoms with Crippen LogP contribution in [0.25, 0.3) is 22.0 Å².